The van der Waals surface area contributed by atoms with Crippen LogP contribution in [0, 0.1) is 0 Å². The van der Waals surface area contributed by atoms with E-state index in [1.165, 1.54) is 0 Å². The van der Waals surface area contributed by atoms with E-state index in [9.17, 15) is 0 Å². The van der Waals surface area contributed by atoms with Gasteiger partial charge >= 0.3 is 0 Å². The fourth-order valence-corrected chi connectivity index (χ4v) is 0. The molecule has 0 saturated carbocycles. The molecule has 3 N–H and O–H groups in total. The molecule has 0 fully saturated rings. The SMILES string of the molecule is N.[B].[Si].[V]. The zero-order valence-electron chi connectivity index (χ0n) is 2.23. The molecule has 8 radical (unpaired) electrons. The Morgan fingerprint density at radius 2 is 1.00 bits per heavy atom. The van der Waals surface area contributed by atoms with Gasteiger partial charge in [-0.15, -0.1) is 0 Å². The van der Waals surface area contributed by atoms with Crippen LogP contribution in [0.1, 0.15) is 0 Å². The van der Waals surface area contributed by atoms with Crippen molar-refractivity contribution in [2.45, 2.75) is 0 Å². The van der Waals surface area contributed by atoms with Gasteiger partial charge in [0.25, 0.3) is 0 Å². The average molecular weight is 107 g/mol. The topological polar surface area (TPSA) is 35.0 Å². The largest absolute Gasteiger partial charge is 0.344 e. The minimum absolute atomic E-state index is 0. The first kappa shape index (κ1) is 104. The zero-order valence-corrected chi connectivity index (χ0v) is 4.63. The first-order chi connectivity index (χ1) is 0. The maximum absolute atomic E-state index is 0. The molecule has 0 aliphatic carbocycles. The normalized spacial score (nSPS) is 0. The van der Waals surface area contributed by atoms with Crippen LogP contribution in [0.2, 0.25) is 0 Å². The summed E-state index contributed by atoms with van der Waals surface area (Å²) in [6.45, 7) is 0. The molecule has 0 saturated heterocycles. The molecule has 4 heavy (non-hydrogen) atoms. The van der Waals surface area contributed by atoms with Crippen molar-refractivity contribution in [2.75, 3.05) is 0 Å². The Morgan fingerprint density at radius 1 is 1.00 bits per heavy atom. The Balaban J connectivity index is 0. The minimum atomic E-state index is 0. The zero-order chi connectivity index (χ0) is 0. The quantitative estimate of drug-likeness (QED) is 0.412. The van der Waals surface area contributed by atoms with Gasteiger partial charge in [-0.3, -0.25) is 0 Å². The molecule has 0 bridgehead atoms. The second-order valence-corrected chi connectivity index (χ2v) is 0. The van der Waals surface area contributed by atoms with Gasteiger partial charge in [0, 0.05) is 37.9 Å². The van der Waals surface area contributed by atoms with Gasteiger partial charge in [0.1, 0.15) is 0 Å². The van der Waals surface area contributed by atoms with Gasteiger partial charge in [-0.2, -0.15) is 0 Å². The molecular weight excluding hydrogens is 104 g/mol. The number of rotatable bonds is 0. The molecule has 0 heterocycles. The average Bonchev–Trinajstić information content (AvgIpc) is 0. The van der Waals surface area contributed by atoms with Crippen LogP contribution < -0.4 is 6.15 Å². The molecule has 1 nitrogen and oxygen atoms in total. The van der Waals surface area contributed by atoms with Crippen LogP contribution in [0.15, 0.2) is 0 Å². The summed E-state index contributed by atoms with van der Waals surface area (Å²) in [7, 11) is 0. The molecule has 0 aliphatic heterocycles. The molecule has 20 valence electrons. The predicted octanol–water partition coefficient (Wildman–Crippen LogP) is -0.602. The van der Waals surface area contributed by atoms with Crippen LogP contribution in [0.5, 0.6) is 0 Å². The van der Waals surface area contributed by atoms with Crippen molar-refractivity contribution in [3.63, 3.8) is 0 Å². The van der Waals surface area contributed by atoms with Crippen LogP contribution in [0.4, 0.5) is 0 Å². The van der Waals surface area contributed by atoms with Gasteiger partial charge in [0.2, 0.25) is 0 Å². The van der Waals surface area contributed by atoms with Crippen molar-refractivity contribution in [3.05, 3.63) is 0 Å². The Morgan fingerprint density at radius 3 is 1.00 bits per heavy atom. The molecule has 0 aromatic heterocycles. The van der Waals surface area contributed by atoms with Crippen molar-refractivity contribution in [3.8, 4) is 0 Å². The third kappa shape index (κ3) is 13.8. The van der Waals surface area contributed by atoms with Gasteiger partial charge in [-0.1, -0.05) is 0 Å². The molecule has 0 unspecified atom stereocenters. The van der Waals surface area contributed by atoms with E-state index in [4.69, 9.17) is 0 Å². The van der Waals surface area contributed by atoms with Gasteiger partial charge < -0.3 is 6.15 Å². The Bertz CT molecular complexity index is 8.00. The first-order valence-corrected chi connectivity index (χ1v) is 0. The summed E-state index contributed by atoms with van der Waals surface area (Å²) < 4.78 is 0. The molecule has 4 heteroatoms. The van der Waals surface area contributed by atoms with Crippen LogP contribution in [-0.4, -0.2) is 19.4 Å². The van der Waals surface area contributed by atoms with E-state index >= 15 is 0 Å². The van der Waals surface area contributed by atoms with E-state index in [1.807, 2.05) is 0 Å². The van der Waals surface area contributed by atoms with Gasteiger partial charge in [0.05, 0.1) is 0 Å². The van der Waals surface area contributed by atoms with E-state index in [-0.39, 0.29) is 44.1 Å². The van der Waals surface area contributed by atoms with Crippen molar-refractivity contribution in [2.24, 2.45) is 0 Å². The van der Waals surface area contributed by atoms with Crippen molar-refractivity contribution < 1.29 is 18.6 Å². The van der Waals surface area contributed by atoms with Crippen LogP contribution in [0.25, 0.3) is 0 Å². The molecule has 0 aliphatic rings. The second-order valence-electron chi connectivity index (χ2n) is 0. The summed E-state index contributed by atoms with van der Waals surface area (Å²) in [5, 5.41) is 0. The monoisotopic (exact) mass is 107 g/mol. The summed E-state index contributed by atoms with van der Waals surface area (Å²) in [5.74, 6) is 0. The third-order valence-corrected chi connectivity index (χ3v) is 0. The molecular formula is H3BNSiV. The Labute approximate surface area is 44.6 Å². The summed E-state index contributed by atoms with van der Waals surface area (Å²) >= 11 is 0. The van der Waals surface area contributed by atoms with Crippen LogP contribution in [0.3, 0.4) is 0 Å². The van der Waals surface area contributed by atoms with Crippen molar-refractivity contribution in [1.29, 1.82) is 0 Å². The molecule has 0 amide bonds. The van der Waals surface area contributed by atoms with Crippen molar-refractivity contribution >= 4 is 19.4 Å². The fourth-order valence-electron chi connectivity index (χ4n) is 0. The number of hydrogen-bond donors (Lipinski definition) is 1. The summed E-state index contributed by atoms with van der Waals surface area (Å²) in [4.78, 5) is 0. The van der Waals surface area contributed by atoms with Crippen LogP contribution >= 0.6 is 0 Å². The van der Waals surface area contributed by atoms with E-state index in [2.05, 4.69) is 0 Å². The third-order valence-electron chi connectivity index (χ3n) is 0. The van der Waals surface area contributed by atoms with E-state index < -0.39 is 0 Å². The summed E-state index contributed by atoms with van der Waals surface area (Å²) in [6, 6.07) is 0. The van der Waals surface area contributed by atoms with Crippen molar-refractivity contribution in [1.82, 2.24) is 6.15 Å². The smallest absolute Gasteiger partial charge is 0 e. The summed E-state index contributed by atoms with van der Waals surface area (Å²) in [6.07, 6.45) is 0. The van der Waals surface area contributed by atoms with Gasteiger partial charge in [-0.05, 0) is 0 Å². The molecule has 0 rings (SSSR count). The van der Waals surface area contributed by atoms with E-state index in [1.54, 1.807) is 0 Å². The minimum Gasteiger partial charge on any atom is -0.344 e. The fraction of sp³-hybridized carbons (Fsp3) is 0. The molecule has 0 spiro atoms. The standard InChI is InChI=1S/B.H3N.Si.V/h;1H3;;. The van der Waals surface area contributed by atoms with E-state index in [0.717, 1.165) is 0 Å². The predicted molar refractivity (Wildman–Crippen MR) is 16.5 cm³/mol. The first-order valence-electron chi connectivity index (χ1n) is 0. The Hall–Kier alpha value is 0.826. The molecule has 0 atom stereocenters. The summed E-state index contributed by atoms with van der Waals surface area (Å²) in [5.41, 5.74) is 0. The Kier molecular flexibility index (Phi) is 1160. The van der Waals surface area contributed by atoms with E-state index in [0.29, 0.717) is 0 Å². The maximum atomic E-state index is 0. The molecule has 0 aromatic carbocycles. The number of hydrogen-bond acceptors (Lipinski definition) is 1. The maximum Gasteiger partial charge on any atom is 0 e. The van der Waals surface area contributed by atoms with Crippen LogP contribution in [-0.2, 0) is 18.6 Å². The second kappa shape index (κ2) is 44.8. The van der Waals surface area contributed by atoms with Gasteiger partial charge in [0.15, 0.2) is 0 Å². The van der Waals surface area contributed by atoms with Gasteiger partial charge in [-0.25, -0.2) is 0 Å². The molecule has 0 aromatic rings.